The largest absolute Gasteiger partial charge is 0.505 e. The van der Waals surface area contributed by atoms with Crippen molar-refractivity contribution in [3.8, 4) is 22.9 Å². The Balaban J connectivity index is 1.69. The van der Waals surface area contributed by atoms with Gasteiger partial charge in [-0.25, -0.2) is 9.97 Å². The van der Waals surface area contributed by atoms with Crippen LogP contribution < -0.4 is 4.74 Å². The number of rotatable bonds is 4. The summed E-state index contributed by atoms with van der Waals surface area (Å²) in [5, 5.41) is 9.14. The van der Waals surface area contributed by atoms with Gasteiger partial charge in [0.1, 0.15) is 18.0 Å². The van der Waals surface area contributed by atoms with Crippen LogP contribution in [0.25, 0.3) is 11.4 Å². The molecule has 0 radical (unpaired) electrons. The molecule has 1 aromatic heterocycles. The molecule has 5 nitrogen and oxygen atoms in total. The van der Waals surface area contributed by atoms with E-state index in [0.29, 0.717) is 12.4 Å². The fourth-order valence-electron chi connectivity index (χ4n) is 1.61. The first-order chi connectivity index (χ1) is 9.15. The van der Waals surface area contributed by atoms with Gasteiger partial charge in [-0.05, 0) is 31.2 Å². The number of epoxide rings is 1. The van der Waals surface area contributed by atoms with Crippen molar-refractivity contribution in [2.75, 3.05) is 13.2 Å². The number of aromatic hydroxyl groups is 1. The number of aromatic nitrogens is 2. The average molecular weight is 258 g/mol. The van der Waals surface area contributed by atoms with Gasteiger partial charge in [-0.15, -0.1) is 0 Å². The summed E-state index contributed by atoms with van der Waals surface area (Å²) in [6.45, 7) is 3.33. The topological polar surface area (TPSA) is 67.8 Å². The molecule has 2 aromatic rings. The molecule has 1 aliphatic heterocycles. The molecule has 5 heteroatoms. The summed E-state index contributed by atoms with van der Waals surface area (Å²) >= 11 is 0. The van der Waals surface area contributed by atoms with Crippen LogP contribution in [0, 0.1) is 0 Å². The summed E-state index contributed by atoms with van der Waals surface area (Å²) in [6.07, 6.45) is 2.75. The van der Waals surface area contributed by atoms with Crippen LogP contribution in [0.5, 0.6) is 11.5 Å². The Labute approximate surface area is 110 Å². The predicted octanol–water partition coefficient (Wildman–Crippen LogP) is 2.02. The van der Waals surface area contributed by atoms with Gasteiger partial charge < -0.3 is 14.6 Å². The van der Waals surface area contributed by atoms with E-state index in [0.717, 1.165) is 17.9 Å². The van der Waals surface area contributed by atoms with Gasteiger partial charge in [-0.1, -0.05) is 0 Å². The Hall–Kier alpha value is -2.14. The zero-order chi connectivity index (χ0) is 13.3. The number of hydrogen-bond acceptors (Lipinski definition) is 5. The summed E-state index contributed by atoms with van der Waals surface area (Å²) in [7, 11) is 0. The Morgan fingerprint density at radius 1 is 1.26 bits per heavy atom. The van der Waals surface area contributed by atoms with Gasteiger partial charge in [0.2, 0.25) is 0 Å². The van der Waals surface area contributed by atoms with E-state index in [-0.39, 0.29) is 11.4 Å². The van der Waals surface area contributed by atoms with Crippen LogP contribution in [-0.2, 0) is 4.74 Å². The predicted molar refractivity (Wildman–Crippen MR) is 69.0 cm³/mol. The molecule has 1 saturated heterocycles. The van der Waals surface area contributed by atoms with Crippen molar-refractivity contribution < 1.29 is 14.6 Å². The second-order valence-electron chi connectivity index (χ2n) is 4.82. The molecular weight excluding hydrogens is 244 g/mol. The lowest BCUT2D eigenvalue weighted by Gasteiger charge is -2.09. The lowest BCUT2D eigenvalue weighted by molar-refractivity contribution is 0.202. The van der Waals surface area contributed by atoms with Crippen molar-refractivity contribution in [2.24, 2.45) is 0 Å². The number of benzene rings is 1. The first-order valence-corrected chi connectivity index (χ1v) is 6.03. The highest BCUT2D eigenvalue weighted by Crippen LogP contribution is 2.27. The molecule has 1 N–H and O–H groups in total. The standard InChI is InChI=1S/C14H14N2O3/c1-14(9-19-14)8-18-12-4-2-10(3-5-12)13-15-6-11(17)7-16-13/h2-7,17H,8-9H2,1H3/t14-/m0/s1. The minimum absolute atomic E-state index is 0.0568. The third kappa shape index (κ3) is 2.82. The van der Waals surface area contributed by atoms with Crippen LogP contribution in [-0.4, -0.2) is 33.9 Å². The minimum Gasteiger partial charge on any atom is -0.505 e. The van der Waals surface area contributed by atoms with Gasteiger partial charge in [-0.2, -0.15) is 0 Å². The van der Waals surface area contributed by atoms with Gasteiger partial charge >= 0.3 is 0 Å². The summed E-state index contributed by atoms with van der Waals surface area (Å²) in [5.41, 5.74) is 0.764. The summed E-state index contributed by atoms with van der Waals surface area (Å²) in [4.78, 5) is 8.10. The maximum atomic E-state index is 9.14. The molecule has 0 saturated carbocycles. The van der Waals surface area contributed by atoms with Crippen LogP contribution >= 0.6 is 0 Å². The van der Waals surface area contributed by atoms with Gasteiger partial charge in [0.15, 0.2) is 11.6 Å². The van der Waals surface area contributed by atoms with Crippen molar-refractivity contribution in [3.05, 3.63) is 36.7 Å². The van der Waals surface area contributed by atoms with E-state index in [9.17, 15) is 0 Å². The second-order valence-corrected chi connectivity index (χ2v) is 4.82. The average Bonchev–Trinajstić information content (AvgIpc) is 3.17. The first-order valence-electron chi connectivity index (χ1n) is 6.03. The van der Waals surface area contributed by atoms with Gasteiger partial charge in [0.25, 0.3) is 0 Å². The lowest BCUT2D eigenvalue weighted by Crippen LogP contribution is -2.16. The van der Waals surface area contributed by atoms with Crippen LogP contribution in [0.15, 0.2) is 36.7 Å². The highest BCUT2D eigenvalue weighted by atomic mass is 16.6. The fraction of sp³-hybridized carbons (Fsp3) is 0.286. The zero-order valence-electron chi connectivity index (χ0n) is 10.5. The molecule has 0 bridgehead atoms. The molecule has 0 aliphatic carbocycles. The van der Waals surface area contributed by atoms with E-state index in [4.69, 9.17) is 14.6 Å². The van der Waals surface area contributed by atoms with E-state index in [1.807, 2.05) is 31.2 Å². The molecule has 1 aliphatic rings. The van der Waals surface area contributed by atoms with Gasteiger partial charge in [-0.3, -0.25) is 0 Å². The number of hydrogen-bond donors (Lipinski definition) is 1. The Morgan fingerprint density at radius 3 is 2.47 bits per heavy atom. The van der Waals surface area contributed by atoms with E-state index < -0.39 is 0 Å². The van der Waals surface area contributed by atoms with E-state index >= 15 is 0 Å². The molecule has 1 atom stereocenters. The van der Waals surface area contributed by atoms with E-state index in [1.165, 1.54) is 12.4 Å². The van der Waals surface area contributed by atoms with Crippen molar-refractivity contribution in [1.29, 1.82) is 0 Å². The molecule has 0 spiro atoms. The molecule has 0 amide bonds. The molecule has 1 fully saturated rings. The van der Waals surface area contributed by atoms with Crippen LogP contribution in [0.3, 0.4) is 0 Å². The zero-order valence-corrected chi connectivity index (χ0v) is 10.5. The summed E-state index contributed by atoms with van der Waals surface area (Å²) in [6, 6.07) is 7.52. The monoisotopic (exact) mass is 258 g/mol. The molecule has 98 valence electrons. The normalized spacial score (nSPS) is 21.1. The van der Waals surface area contributed by atoms with Crippen molar-refractivity contribution in [1.82, 2.24) is 9.97 Å². The molecule has 1 aromatic carbocycles. The molecular formula is C14H14N2O3. The SMILES string of the molecule is C[C@]1(COc2ccc(-c3ncc(O)cn3)cc2)CO1. The maximum absolute atomic E-state index is 9.14. The second kappa shape index (κ2) is 4.51. The molecule has 19 heavy (non-hydrogen) atoms. The Morgan fingerprint density at radius 2 is 1.89 bits per heavy atom. The van der Waals surface area contributed by atoms with Gasteiger partial charge in [0.05, 0.1) is 19.0 Å². The summed E-state index contributed by atoms with van der Waals surface area (Å²) < 4.78 is 10.9. The van der Waals surface area contributed by atoms with Crippen LogP contribution in [0.4, 0.5) is 0 Å². The minimum atomic E-state index is -0.112. The number of ether oxygens (including phenoxy) is 2. The van der Waals surface area contributed by atoms with Crippen LogP contribution in [0.2, 0.25) is 0 Å². The summed E-state index contributed by atoms with van der Waals surface area (Å²) in [5.74, 6) is 1.42. The maximum Gasteiger partial charge on any atom is 0.159 e. The Kier molecular flexibility index (Phi) is 2.83. The fourth-order valence-corrected chi connectivity index (χ4v) is 1.61. The molecule has 2 heterocycles. The third-order valence-electron chi connectivity index (χ3n) is 2.93. The highest BCUT2D eigenvalue weighted by Gasteiger charge is 2.40. The van der Waals surface area contributed by atoms with Crippen molar-refractivity contribution in [3.63, 3.8) is 0 Å². The van der Waals surface area contributed by atoms with Crippen molar-refractivity contribution in [2.45, 2.75) is 12.5 Å². The lowest BCUT2D eigenvalue weighted by atomic mass is 10.2. The van der Waals surface area contributed by atoms with Gasteiger partial charge in [0, 0.05) is 5.56 Å². The highest BCUT2D eigenvalue weighted by molar-refractivity contribution is 5.56. The smallest absolute Gasteiger partial charge is 0.159 e. The van der Waals surface area contributed by atoms with Crippen LogP contribution in [0.1, 0.15) is 6.92 Å². The number of nitrogens with zero attached hydrogens (tertiary/aromatic N) is 2. The molecule has 0 unspecified atom stereocenters. The third-order valence-corrected chi connectivity index (χ3v) is 2.93. The van der Waals surface area contributed by atoms with Crippen molar-refractivity contribution >= 4 is 0 Å². The first kappa shape index (κ1) is 11.9. The van der Waals surface area contributed by atoms with E-state index in [1.54, 1.807) is 0 Å². The Bertz CT molecular complexity index is 562. The molecule has 3 rings (SSSR count). The quantitative estimate of drug-likeness (QED) is 0.850. The van der Waals surface area contributed by atoms with E-state index in [2.05, 4.69) is 9.97 Å².